The molecule has 0 aliphatic carbocycles. The number of nitrogens with zero attached hydrogens (tertiary/aromatic N) is 2. The van der Waals surface area contributed by atoms with Crippen molar-refractivity contribution < 1.29 is 9.53 Å². The van der Waals surface area contributed by atoms with Crippen LogP contribution < -0.4 is 0 Å². The van der Waals surface area contributed by atoms with Crippen LogP contribution in [0.15, 0.2) is 55.4 Å². The first-order valence-electron chi connectivity index (χ1n) is 6.99. The van der Waals surface area contributed by atoms with Crippen molar-refractivity contribution in [1.82, 2.24) is 9.78 Å². The quantitative estimate of drug-likeness (QED) is 0.604. The van der Waals surface area contributed by atoms with Gasteiger partial charge >= 0.3 is 5.97 Å². The number of aromatic nitrogens is 2. The highest BCUT2D eigenvalue weighted by Gasteiger charge is 2.32. The highest BCUT2D eigenvalue weighted by atomic mass is 16.5. The largest absolute Gasteiger partial charge is 0.465 e. The molecule has 0 saturated carbocycles. The van der Waals surface area contributed by atoms with Crippen molar-refractivity contribution in [3.05, 3.63) is 60.9 Å². The molecule has 21 heavy (non-hydrogen) atoms. The highest BCUT2D eigenvalue weighted by Crippen LogP contribution is 2.26. The third kappa shape index (κ3) is 3.40. The molecule has 1 aromatic carbocycles. The van der Waals surface area contributed by atoms with Gasteiger partial charge in [0.15, 0.2) is 0 Å². The molecule has 0 fully saturated rings. The third-order valence-electron chi connectivity index (χ3n) is 3.42. The Morgan fingerprint density at radius 1 is 1.43 bits per heavy atom. The summed E-state index contributed by atoms with van der Waals surface area (Å²) in [5, 5.41) is 4.34. The maximum absolute atomic E-state index is 12.1. The summed E-state index contributed by atoms with van der Waals surface area (Å²) in [6.07, 6.45) is 5.86. The summed E-state index contributed by atoms with van der Waals surface area (Å²) >= 11 is 0. The second-order valence-corrected chi connectivity index (χ2v) is 5.15. The molecule has 0 spiro atoms. The van der Waals surface area contributed by atoms with Crippen LogP contribution in [0.5, 0.6) is 0 Å². The van der Waals surface area contributed by atoms with Gasteiger partial charge in [-0.2, -0.15) is 5.10 Å². The predicted octanol–water partition coefficient (Wildman–Crippen LogP) is 3.17. The van der Waals surface area contributed by atoms with Crippen LogP contribution in [-0.2, 0) is 16.0 Å². The molecule has 0 N–H and O–H groups in total. The zero-order valence-electron chi connectivity index (χ0n) is 12.5. The van der Waals surface area contributed by atoms with E-state index in [0.29, 0.717) is 13.0 Å². The van der Waals surface area contributed by atoms with E-state index in [2.05, 4.69) is 11.7 Å². The molecule has 1 aromatic heterocycles. The highest BCUT2D eigenvalue weighted by molar-refractivity contribution is 5.79. The molecule has 0 radical (unpaired) electrons. The zero-order valence-corrected chi connectivity index (χ0v) is 12.5. The van der Waals surface area contributed by atoms with Crippen molar-refractivity contribution in [1.29, 1.82) is 0 Å². The summed E-state index contributed by atoms with van der Waals surface area (Å²) < 4.78 is 6.92. The molecule has 0 amide bonds. The van der Waals surface area contributed by atoms with Crippen molar-refractivity contribution in [2.45, 2.75) is 20.3 Å². The second-order valence-electron chi connectivity index (χ2n) is 5.15. The van der Waals surface area contributed by atoms with E-state index in [1.807, 2.05) is 43.5 Å². The predicted molar refractivity (Wildman–Crippen MR) is 82.2 cm³/mol. The Balaban J connectivity index is 2.18. The maximum atomic E-state index is 12.1. The normalized spacial score (nSPS) is 13.4. The first-order chi connectivity index (χ1) is 10.1. The van der Waals surface area contributed by atoms with Crippen LogP contribution in [0.4, 0.5) is 0 Å². The lowest BCUT2D eigenvalue weighted by Gasteiger charge is -2.22. The second kappa shape index (κ2) is 6.39. The maximum Gasteiger partial charge on any atom is 0.315 e. The molecule has 0 aliphatic heterocycles. The average molecular weight is 284 g/mol. The average Bonchev–Trinajstić information content (AvgIpc) is 2.96. The molecule has 1 atom stereocenters. The summed E-state index contributed by atoms with van der Waals surface area (Å²) in [6.45, 7) is 7.77. The van der Waals surface area contributed by atoms with Crippen molar-refractivity contribution >= 4 is 5.97 Å². The van der Waals surface area contributed by atoms with Crippen molar-refractivity contribution in [2.24, 2.45) is 5.41 Å². The van der Waals surface area contributed by atoms with E-state index in [1.165, 1.54) is 0 Å². The third-order valence-corrected chi connectivity index (χ3v) is 3.42. The van der Waals surface area contributed by atoms with Crippen LogP contribution in [0, 0.1) is 5.41 Å². The lowest BCUT2D eigenvalue weighted by molar-refractivity contribution is -0.151. The van der Waals surface area contributed by atoms with Gasteiger partial charge in [0.25, 0.3) is 0 Å². The topological polar surface area (TPSA) is 44.1 Å². The first-order valence-corrected chi connectivity index (χ1v) is 6.99. The van der Waals surface area contributed by atoms with E-state index >= 15 is 0 Å². The van der Waals surface area contributed by atoms with Gasteiger partial charge in [-0.1, -0.05) is 24.3 Å². The Labute approximate surface area is 125 Å². The van der Waals surface area contributed by atoms with Gasteiger partial charge in [-0.25, -0.2) is 4.68 Å². The molecule has 0 bridgehead atoms. The molecular formula is C17H20N2O2. The minimum absolute atomic E-state index is 0.257. The number of hydrogen-bond donors (Lipinski definition) is 0. The van der Waals surface area contributed by atoms with Crippen LogP contribution in [0.3, 0.4) is 0 Å². The Morgan fingerprint density at radius 2 is 2.14 bits per heavy atom. The molecule has 2 aromatic rings. The minimum Gasteiger partial charge on any atom is -0.465 e. The molecule has 1 unspecified atom stereocenters. The number of ether oxygens (including phenoxy) is 1. The van der Waals surface area contributed by atoms with E-state index < -0.39 is 5.41 Å². The molecular weight excluding hydrogens is 264 g/mol. The molecule has 2 rings (SSSR count). The lowest BCUT2D eigenvalue weighted by atomic mass is 9.85. The molecule has 1 heterocycles. The summed E-state index contributed by atoms with van der Waals surface area (Å²) in [5.74, 6) is -0.257. The Kier molecular flexibility index (Phi) is 4.58. The number of hydrogen-bond acceptors (Lipinski definition) is 3. The summed E-state index contributed by atoms with van der Waals surface area (Å²) in [6, 6.07) is 9.85. The fourth-order valence-corrected chi connectivity index (χ4v) is 2.12. The van der Waals surface area contributed by atoms with Gasteiger partial charge in [-0.15, -0.1) is 6.58 Å². The van der Waals surface area contributed by atoms with Gasteiger partial charge in [0.2, 0.25) is 0 Å². The number of carbonyl (C=O) groups is 1. The van der Waals surface area contributed by atoms with Gasteiger partial charge in [-0.3, -0.25) is 4.79 Å². The van der Waals surface area contributed by atoms with Crippen LogP contribution in [0.25, 0.3) is 5.69 Å². The number of rotatable bonds is 6. The summed E-state index contributed by atoms with van der Waals surface area (Å²) in [5.41, 5.74) is 1.22. The van der Waals surface area contributed by atoms with Crippen LogP contribution in [-0.4, -0.2) is 22.4 Å². The fourth-order valence-electron chi connectivity index (χ4n) is 2.12. The van der Waals surface area contributed by atoms with Gasteiger partial charge in [0, 0.05) is 6.20 Å². The van der Waals surface area contributed by atoms with E-state index in [9.17, 15) is 4.79 Å². The standard InChI is InChI=1S/C17H20N2O2/c1-4-17(3,16(20)21-5-2)11-14-12-18-19(13-14)15-9-7-6-8-10-15/h4,6-10,12-13H,1,5,11H2,2-3H3. The van der Waals surface area contributed by atoms with Crippen molar-refractivity contribution in [3.63, 3.8) is 0 Å². The van der Waals surface area contributed by atoms with Crippen molar-refractivity contribution in [3.8, 4) is 5.69 Å². The Hall–Kier alpha value is -2.36. The van der Waals surface area contributed by atoms with E-state index in [1.54, 1.807) is 23.9 Å². The fraction of sp³-hybridized carbons (Fsp3) is 0.294. The number of benzene rings is 1. The molecule has 4 heteroatoms. The SMILES string of the molecule is C=CC(C)(Cc1cnn(-c2ccccc2)c1)C(=O)OCC. The van der Waals surface area contributed by atoms with E-state index in [4.69, 9.17) is 4.74 Å². The number of esters is 1. The first kappa shape index (κ1) is 15.0. The molecule has 0 aliphatic rings. The van der Waals surface area contributed by atoms with Crippen LogP contribution >= 0.6 is 0 Å². The molecule has 4 nitrogen and oxygen atoms in total. The smallest absolute Gasteiger partial charge is 0.315 e. The van der Waals surface area contributed by atoms with Gasteiger partial charge in [0.1, 0.15) is 0 Å². The summed E-state index contributed by atoms with van der Waals surface area (Å²) in [7, 11) is 0. The summed E-state index contributed by atoms with van der Waals surface area (Å²) in [4.78, 5) is 12.1. The van der Waals surface area contributed by atoms with Gasteiger partial charge < -0.3 is 4.74 Å². The number of para-hydroxylation sites is 1. The Bertz CT molecular complexity index is 619. The zero-order chi connectivity index (χ0) is 15.3. The lowest BCUT2D eigenvalue weighted by Crippen LogP contribution is -2.30. The van der Waals surface area contributed by atoms with Crippen LogP contribution in [0.2, 0.25) is 0 Å². The van der Waals surface area contributed by atoms with Crippen LogP contribution in [0.1, 0.15) is 19.4 Å². The van der Waals surface area contributed by atoms with E-state index in [-0.39, 0.29) is 5.97 Å². The van der Waals surface area contributed by atoms with E-state index in [0.717, 1.165) is 11.3 Å². The Morgan fingerprint density at radius 3 is 2.76 bits per heavy atom. The monoisotopic (exact) mass is 284 g/mol. The molecule has 0 saturated heterocycles. The number of carbonyl (C=O) groups excluding carboxylic acids is 1. The van der Waals surface area contributed by atoms with Gasteiger partial charge in [-0.05, 0) is 38.0 Å². The van der Waals surface area contributed by atoms with Crippen molar-refractivity contribution in [2.75, 3.05) is 6.61 Å². The van der Waals surface area contributed by atoms with Gasteiger partial charge in [0.05, 0.1) is 23.9 Å². The molecule has 110 valence electrons. The minimum atomic E-state index is -0.736.